The van der Waals surface area contributed by atoms with Crippen LogP contribution in [0.15, 0.2) is 30.7 Å². The molecule has 0 aromatic carbocycles. The molecule has 0 spiro atoms. The molecule has 0 bridgehead atoms. The van der Waals surface area contributed by atoms with Crippen LogP contribution in [0, 0.1) is 0 Å². The summed E-state index contributed by atoms with van der Waals surface area (Å²) in [6.45, 7) is 6.39. The second-order valence-electron chi connectivity index (χ2n) is 4.80. The molecule has 2 rings (SSSR count). The van der Waals surface area contributed by atoms with Crippen LogP contribution in [0.25, 0.3) is 5.82 Å². The van der Waals surface area contributed by atoms with Gasteiger partial charge >= 0.3 is 0 Å². The summed E-state index contributed by atoms with van der Waals surface area (Å²) in [5.41, 5.74) is 0.997. The first-order valence-corrected chi connectivity index (χ1v) is 5.84. The van der Waals surface area contributed by atoms with Crippen molar-refractivity contribution in [2.24, 2.45) is 0 Å². The predicted molar refractivity (Wildman–Crippen MR) is 66.1 cm³/mol. The maximum atomic E-state index is 5.95. The van der Waals surface area contributed by atoms with E-state index in [0.29, 0.717) is 5.88 Å². The Balaban J connectivity index is 2.61. The van der Waals surface area contributed by atoms with Crippen LogP contribution in [-0.2, 0) is 11.4 Å². The van der Waals surface area contributed by atoms with Crippen molar-refractivity contribution in [2.45, 2.75) is 32.2 Å². The largest absolute Gasteiger partial charge is 0.309 e. The third kappa shape index (κ3) is 1.87. The van der Waals surface area contributed by atoms with Gasteiger partial charge in [0.15, 0.2) is 0 Å². The van der Waals surface area contributed by atoms with Crippen LogP contribution in [-0.4, -0.2) is 14.3 Å². The number of hydrogen-bond donors (Lipinski definition) is 0. The minimum absolute atomic E-state index is 0.0517. The molecular formula is C12H16ClN3. The number of halogens is 1. The lowest BCUT2D eigenvalue weighted by molar-refractivity contribution is 0.351. The molecule has 0 saturated carbocycles. The molecule has 4 heteroatoms. The smallest absolute Gasteiger partial charge is 0.139 e. The van der Waals surface area contributed by atoms with E-state index in [2.05, 4.69) is 30.4 Å². The van der Waals surface area contributed by atoms with E-state index < -0.39 is 0 Å². The second-order valence-corrected chi connectivity index (χ2v) is 5.07. The van der Waals surface area contributed by atoms with Crippen LogP contribution in [0.2, 0.25) is 0 Å². The Morgan fingerprint density at radius 2 is 1.88 bits per heavy atom. The Kier molecular flexibility index (Phi) is 2.80. The summed E-state index contributed by atoms with van der Waals surface area (Å²) in [6.07, 6.45) is 5.86. The van der Waals surface area contributed by atoms with E-state index >= 15 is 0 Å². The zero-order valence-corrected chi connectivity index (χ0v) is 10.6. The molecule has 2 aromatic heterocycles. The molecule has 2 aromatic rings. The summed E-state index contributed by atoms with van der Waals surface area (Å²) in [5, 5.41) is 4.43. The fourth-order valence-corrected chi connectivity index (χ4v) is 1.90. The van der Waals surface area contributed by atoms with Crippen molar-refractivity contribution in [2.75, 3.05) is 0 Å². The highest BCUT2D eigenvalue weighted by molar-refractivity contribution is 6.17. The molecule has 0 amide bonds. The normalized spacial score (nSPS) is 12.0. The first-order chi connectivity index (χ1) is 7.54. The first-order valence-electron chi connectivity index (χ1n) is 5.30. The molecular weight excluding hydrogens is 222 g/mol. The van der Waals surface area contributed by atoms with Gasteiger partial charge in [0, 0.05) is 18.0 Å². The first kappa shape index (κ1) is 11.3. The van der Waals surface area contributed by atoms with Gasteiger partial charge in [0.2, 0.25) is 0 Å². The van der Waals surface area contributed by atoms with Crippen molar-refractivity contribution < 1.29 is 0 Å². The van der Waals surface area contributed by atoms with Crippen molar-refractivity contribution in [1.82, 2.24) is 14.3 Å². The molecule has 86 valence electrons. The van der Waals surface area contributed by atoms with Gasteiger partial charge in [-0.15, -0.1) is 11.6 Å². The van der Waals surface area contributed by atoms with Gasteiger partial charge in [-0.2, -0.15) is 5.10 Å². The quantitative estimate of drug-likeness (QED) is 0.736. The molecule has 3 nitrogen and oxygen atoms in total. The molecule has 16 heavy (non-hydrogen) atoms. The van der Waals surface area contributed by atoms with Gasteiger partial charge in [-0.05, 0) is 32.9 Å². The lowest BCUT2D eigenvalue weighted by atomic mass is 10.1. The topological polar surface area (TPSA) is 22.8 Å². The molecule has 0 N–H and O–H groups in total. The summed E-state index contributed by atoms with van der Waals surface area (Å²) in [5.74, 6) is 1.52. The van der Waals surface area contributed by atoms with Crippen LogP contribution in [0.4, 0.5) is 0 Å². The number of nitrogens with zero attached hydrogens (tertiary/aromatic N) is 3. The minimum atomic E-state index is -0.0517. The van der Waals surface area contributed by atoms with E-state index in [4.69, 9.17) is 11.6 Å². The zero-order chi connectivity index (χ0) is 11.8. The van der Waals surface area contributed by atoms with Gasteiger partial charge in [-0.1, -0.05) is 0 Å². The number of aromatic nitrogens is 3. The third-order valence-electron chi connectivity index (χ3n) is 2.45. The van der Waals surface area contributed by atoms with Crippen LogP contribution in [0.5, 0.6) is 0 Å². The Morgan fingerprint density at radius 1 is 1.25 bits per heavy atom. The van der Waals surface area contributed by atoms with E-state index in [1.807, 2.05) is 35.4 Å². The van der Waals surface area contributed by atoms with E-state index in [1.165, 1.54) is 0 Å². The van der Waals surface area contributed by atoms with Crippen LogP contribution in [0.3, 0.4) is 0 Å². The molecule has 0 fully saturated rings. The van der Waals surface area contributed by atoms with E-state index in [0.717, 1.165) is 11.4 Å². The monoisotopic (exact) mass is 237 g/mol. The predicted octanol–water partition coefficient (Wildman–Crippen LogP) is 3.17. The van der Waals surface area contributed by atoms with Gasteiger partial charge in [0.1, 0.15) is 5.82 Å². The van der Waals surface area contributed by atoms with E-state index in [9.17, 15) is 0 Å². The van der Waals surface area contributed by atoms with Gasteiger partial charge in [-0.3, -0.25) is 0 Å². The summed E-state index contributed by atoms with van der Waals surface area (Å²) >= 11 is 5.95. The molecule has 0 radical (unpaired) electrons. The number of hydrogen-bond acceptors (Lipinski definition) is 1. The van der Waals surface area contributed by atoms with Crippen molar-refractivity contribution in [3.63, 3.8) is 0 Å². The molecule has 0 aliphatic carbocycles. The summed E-state index contributed by atoms with van der Waals surface area (Å²) < 4.78 is 4.06. The van der Waals surface area contributed by atoms with Crippen LogP contribution < -0.4 is 0 Å². The average molecular weight is 238 g/mol. The summed E-state index contributed by atoms with van der Waals surface area (Å²) in [6, 6.07) is 4.00. The second kappa shape index (κ2) is 3.98. The van der Waals surface area contributed by atoms with Gasteiger partial charge in [0.25, 0.3) is 0 Å². The SMILES string of the molecule is CC(C)(C)n1ncc(CCl)c1-n1cccc1. The van der Waals surface area contributed by atoms with Gasteiger partial charge < -0.3 is 4.57 Å². The Hall–Kier alpha value is -1.22. The lowest BCUT2D eigenvalue weighted by Crippen LogP contribution is -2.25. The summed E-state index contributed by atoms with van der Waals surface area (Å²) in [7, 11) is 0. The van der Waals surface area contributed by atoms with Crippen molar-refractivity contribution in [3.05, 3.63) is 36.3 Å². The van der Waals surface area contributed by atoms with Crippen LogP contribution in [0.1, 0.15) is 26.3 Å². The number of rotatable bonds is 2. The Bertz CT molecular complexity index is 463. The minimum Gasteiger partial charge on any atom is -0.309 e. The summed E-state index contributed by atoms with van der Waals surface area (Å²) in [4.78, 5) is 0. The standard InChI is InChI=1S/C12H16ClN3/c1-12(2,3)16-11(10(8-13)9-14-16)15-6-4-5-7-15/h4-7,9H,8H2,1-3H3. The van der Waals surface area contributed by atoms with Gasteiger partial charge in [-0.25, -0.2) is 4.68 Å². The van der Waals surface area contributed by atoms with Crippen LogP contribution >= 0.6 is 11.6 Å². The van der Waals surface area contributed by atoms with Crippen molar-refractivity contribution in [3.8, 4) is 5.82 Å². The van der Waals surface area contributed by atoms with Crippen molar-refractivity contribution >= 4 is 11.6 Å². The van der Waals surface area contributed by atoms with E-state index in [-0.39, 0.29) is 5.54 Å². The molecule has 0 unspecified atom stereocenters. The fourth-order valence-electron chi connectivity index (χ4n) is 1.71. The maximum absolute atomic E-state index is 5.95. The maximum Gasteiger partial charge on any atom is 0.139 e. The zero-order valence-electron chi connectivity index (χ0n) is 9.81. The highest BCUT2D eigenvalue weighted by Gasteiger charge is 2.21. The molecule has 2 heterocycles. The highest BCUT2D eigenvalue weighted by atomic mass is 35.5. The average Bonchev–Trinajstić information content (AvgIpc) is 2.84. The lowest BCUT2D eigenvalue weighted by Gasteiger charge is -2.23. The number of alkyl halides is 1. The fraction of sp³-hybridized carbons (Fsp3) is 0.417. The van der Waals surface area contributed by atoms with E-state index in [1.54, 1.807) is 0 Å². The van der Waals surface area contributed by atoms with Gasteiger partial charge in [0.05, 0.1) is 17.6 Å². The molecule has 0 aliphatic heterocycles. The third-order valence-corrected chi connectivity index (χ3v) is 2.73. The Labute approximate surface area is 101 Å². The molecule has 0 aliphatic rings. The van der Waals surface area contributed by atoms with Crippen molar-refractivity contribution in [1.29, 1.82) is 0 Å². The Morgan fingerprint density at radius 3 is 2.38 bits per heavy atom. The molecule has 0 saturated heterocycles. The molecule has 0 atom stereocenters. The highest BCUT2D eigenvalue weighted by Crippen LogP contribution is 2.23.